The van der Waals surface area contributed by atoms with Crippen LogP contribution in [0, 0.1) is 5.92 Å². The summed E-state index contributed by atoms with van der Waals surface area (Å²) in [6.07, 6.45) is 6.03. The van der Waals surface area contributed by atoms with Crippen LogP contribution in [0.2, 0.25) is 0 Å². The molecule has 0 radical (unpaired) electrons. The number of anilines is 1. The predicted octanol–water partition coefficient (Wildman–Crippen LogP) is 2.50. The van der Waals surface area contributed by atoms with E-state index in [0.717, 1.165) is 22.3 Å². The zero-order chi connectivity index (χ0) is 13.5. The van der Waals surface area contributed by atoms with E-state index in [0.29, 0.717) is 6.54 Å². The minimum atomic E-state index is 0.130. The Labute approximate surface area is 121 Å². The smallest absolute Gasteiger partial charge is 0.0538 e. The Bertz CT molecular complexity index is 507. The van der Waals surface area contributed by atoms with Crippen molar-refractivity contribution in [3.63, 3.8) is 0 Å². The normalized spacial score (nSPS) is 12.1. The van der Waals surface area contributed by atoms with Gasteiger partial charge in [0.15, 0.2) is 0 Å². The number of rotatable bonds is 6. The third kappa shape index (κ3) is 4.61. The van der Waals surface area contributed by atoms with E-state index >= 15 is 0 Å². The molecule has 5 heteroatoms. The van der Waals surface area contributed by atoms with Gasteiger partial charge in [-0.15, -0.1) is 0 Å². The number of aromatic nitrogens is 2. The molecule has 19 heavy (non-hydrogen) atoms. The lowest BCUT2D eigenvalue weighted by Gasteiger charge is -2.15. The van der Waals surface area contributed by atoms with Crippen molar-refractivity contribution in [1.29, 1.82) is 0 Å². The maximum Gasteiger partial charge on any atom is 0.0538 e. The Morgan fingerprint density at radius 1 is 1.32 bits per heavy atom. The van der Waals surface area contributed by atoms with Crippen LogP contribution in [0.25, 0.3) is 0 Å². The Morgan fingerprint density at radius 3 is 2.89 bits per heavy atom. The molecule has 1 atom stereocenters. The first-order valence-corrected chi connectivity index (χ1v) is 6.92. The first-order chi connectivity index (χ1) is 9.28. The average molecular weight is 322 g/mol. The molecule has 100 valence electrons. The first kappa shape index (κ1) is 14.0. The van der Waals surface area contributed by atoms with E-state index < -0.39 is 0 Å². The number of nitrogens with one attached hydrogen (secondary N) is 1. The van der Waals surface area contributed by atoms with Gasteiger partial charge < -0.3 is 10.4 Å². The molecule has 0 spiro atoms. The summed E-state index contributed by atoms with van der Waals surface area (Å²) in [5.74, 6) is 0.133. The number of hydrogen-bond donors (Lipinski definition) is 2. The zero-order valence-electron chi connectivity index (χ0n) is 10.5. The molecule has 2 aromatic heterocycles. The van der Waals surface area contributed by atoms with Gasteiger partial charge in [0, 0.05) is 41.6 Å². The number of hydrogen-bond acceptors (Lipinski definition) is 4. The van der Waals surface area contributed by atoms with Gasteiger partial charge in [-0.05, 0) is 40.5 Å². The third-order valence-electron chi connectivity index (χ3n) is 2.78. The Hall–Kier alpha value is -1.46. The van der Waals surface area contributed by atoms with E-state index in [-0.39, 0.29) is 12.5 Å². The van der Waals surface area contributed by atoms with Crippen molar-refractivity contribution in [3.8, 4) is 0 Å². The van der Waals surface area contributed by atoms with E-state index in [9.17, 15) is 5.11 Å². The fourth-order valence-corrected chi connectivity index (χ4v) is 2.15. The summed E-state index contributed by atoms with van der Waals surface area (Å²) < 4.78 is 0.933. The van der Waals surface area contributed by atoms with E-state index in [4.69, 9.17) is 0 Å². The van der Waals surface area contributed by atoms with Crippen LogP contribution in [0.3, 0.4) is 0 Å². The van der Waals surface area contributed by atoms with Crippen molar-refractivity contribution < 1.29 is 5.11 Å². The Balaban J connectivity index is 1.89. The quantitative estimate of drug-likeness (QED) is 0.858. The fourth-order valence-electron chi connectivity index (χ4n) is 1.79. The molecule has 0 bridgehead atoms. The van der Waals surface area contributed by atoms with Crippen molar-refractivity contribution in [2.24, 2.45) is 5.92 Å². The molecule has 4 nitrogen and oxygen atoms in total. The van der Waals surface area contributed by atoms with Gasteiger partial charge in [0.05, 0.1) is 11.9 Å². The second-order valence-corrected chi connectivity index (χ2v) is 5.26. The lowest BCUT2D eigenvalue weighted by molar-refractivity contribution is 0.232. The SMILES string of the molecule is OC[C@@H](CNc1cncc(Br)c1)Cc1ccccn1. The highest BCUT2D eigenvalue weighted by atomic mass is 79.9. The average Bonchev–Trinajstić information content (AvgIpc) is 2.44. The molecular weight excluding hydrogens is 306 g/mol. The van der Waals surface area contributed by atoms with E-state index in [1.54, 1.807) is 18.6 Å². The lowest BCUT2D eigenvalue weighted by atomic mass is 10.0. The Morgan fingerprint density at radius 2 is 2.21 bits per heavy atom. The van der Waals surface area contributed by atoms with Crippen LogP contribution in [-0.4, -0.2) is 28.2 Å². The Kier molecular flexibility index (Phi) is 5.30. The molecule has 2 rings (SSSR count). The summed E-state index contributed by atoms with van der Waals surface area (Å²) in [7, 11) is 0. The zero-order valence-corrected chi connectivity index (χ0v) is 12.0. The van der Waals surface area contributed by atoms with Gasteiger partial charge in [0.1, 0.15) is 0 Å². The summed E-state index contributed by atoms with van der Waals surface area (Å²) >= 11 is 3.38. The second-order valence-electron chi connectivity index (χ2n) is 4.35. The van der Waals surface area contributed by atoms with E-state index in [1.807, 2.05) is 24.3 Å². The number of aliphatic hydroxyl groups is 1. The summed E-state index contributed by atoms with van der Waals surface area (Å²) in [5.41, 5.74) is 1.93. The summed E-state index contributed by atoms with van der Waals surface area (Å²) in [6, 6.07) is 7.79. The molecule has 0 saturated heterocycles. The van der Waals surface area contributed by atoms with Gasteiger partial charge in [0.2, 0.25) is 0 Å². The topological polar surface area (TPSA) is 58.0 Å². The van der Waals surface area contributed by atoms with Gasteiger partial charge >= 0.3 is 0 Å². The second kappa shape index (κ2) is 7.21. The minimum absolute atomic E-state index is 0.130. The maximum absolute atomic E-state index is 9.43. The van der Waals surface area contributed by atoms with Crippen LogP contribution < -0.4 is 5.32 Å². The van der Waals surface area contributed by atoms with Gasteiger partial charge in [-0.3, -0.25) is 9.97 Å². The minimum Gasteiger partial charge on any atom is -0.396 e. The molecule has 2 aromatic rings. The van der Waals surface area contributed by atoms with Crippen molar-refractivity contribution in [1.82, 2.24) is 9.97 Å². The van der Waals surface area contributed by atoms with E-state index in [2.05, 4.69) is 31.2 Å². The highest BCUT2D eigenvalue weighted by Gasteiger charge is 2.09. The monoisotopic (exact) mass is 321 g/mol. The van der Waals surface area contributed by atoms with Crippen LogP contribution >= 0.6 is 15.9 Å². The van der Waals surface area contributed by atoms with Gasteiger partial charge in [0.25, 0.3) is 0 Å². The van der Waals surface area contributed by atoms with Crippen molar-refractivity contribution in [2.45, 2.75) is 6.42 Å². The van der Waals surface area contributed by atoms with Crippen LogP contribution in [0.5, 0.6) is 0 Å². The van der Waals surface area contributed by atoms with Gasteiger partial charge in [-0.1, -0.05) is 6.07 Å². The fraction of sp³-hybridized carbons (Fsp3) is 0.286. The maximum atomic E-state index is 9.43. The third-order valence-corrected chi connectivity index (χ3v) is 3.22. The molecular formula is C14H16BrN3O. The first-order valence-electron chi connectivity index (χ1n) is 6.13. The number of aliphatic hydroxyl groups excluding tert-OH is 1. The predicted molar refractivity (Wildman–Crippen MR) is 78.9 cm³/mol. The number of nitrogens with zero attached hydrogens (tertiary/aromatic N) is 2. The highest BCUT2D eigenvalue weighted by molar-refractivity contribution is 9.10. The van der Waals surface area contributed by atoms with E-state index in [1.165, 1.54) is 0 Å². The number of halogens is 1. The molecule has 0 amide bonds. The highest BCUT2D eigenvalue weighted by Crippen LogP contribution is 2.14. The molecule has 2 N–H and O–H groups in total. The van der Waals surface area contributed by atoms with Gasteiger partial charge in [-0.25, -0.2) is 0 Å². The van der Waals surface area contributed by atoms with Crippen molar-refractivity contribution in [2.75, 3.05) is 18.5 Å². The molecule has 0 aliphatic heterocycles. The van der Waals surface area contributed by atoms with Crippen molar-refractivity contribution in [3.05, 3.63) is 53.0 Å². The number of pyridine rings is 2. The summed E-state index contributed by atoms with van der Waals surface area (Å²) in [6.45, 7) is 0.816. The molecule has 0 saturated carbocycles. The van der Waals surface area contributed by atoms with Crippen LogP contribution in [0.15, 0.2) is 47.3 Å². The van der Waals surface area contributed by atoms with Crippen LogP contribution in [0.4, 0.5) is 5.69 Å². The molecule has 0 unspecified atom stereocenters. The molecule has 0 aromatic carbocycles. The summed E-state index contributed by atoms with van der Waals surface area (Å²) in [4.78, 5) is 8.36. The largest absolute Gasteiger partial charge is 0.396 e. The molecule has 0 aliphatic carbocycles. The molecule has 0 fully saturated rings. The standard InChI is InChI=1S/C14H16BrN3O/c15-12-6-14(9-16-8-12)18-7-11(10-19)5-13-3-1-2-4-17-13/h1-4,6,8-9,11,18-19H,5,7,10H2/t11-/m1/s1. The van der Waals surface area contributed by atoms with Crippen molar-refractivity contribution >= 4 is 21.6 Å². The molecule has 2 heterocycles. The molecule has 0 aliphatic rings. The lowest BCUT2D eigenvalue weighted by Crippen LogP contribution is -2.20. The van der Waals surface area contributed by atoms with Crippen LogP contribution in [0.1, 0.15) is 5.69 Å². The van der Waals surface area contributed by atoms with Crippen LogP contribution in [-0.2, 0) is 6.42 Å². The summed E-state index contributed by atoms with van der Waals surface area (Å²) in [5, 5.41) is 12.7. The van der Waals surface area contributed by atoms with Gasteiger partial charge in [-0.2, -0.15) is 0 Å².